The van der Waals surface area contributed by atoms with E-state index < -0.39 is 5.91 Å². The van der Waals surface area contributed by atoms with Crippen LogP contribution in [-0.4, -0.2) is 27.0 Å². The van der Waals surface area contributed by atoms with Gasteiger partial charge in [-0.1, -0.05) is 20.8 Å². The Morgan fingerprint density at radius 3 is 2.81 bits per heavy atom. The first-order valence-electron chi connectivity index (χ1n) is 6.74. The molecule has 2 aromatic heterocycles. The maximum Gasteiger partial charge on any atom is 0.262 e. The standard InChI is InChI=1S/C14H21N5O2/c1-14(2,3)7-10-12(16-8-11(20)18-21)17-13-9(15)5-4-6-19(10)13/h4-6,16,21H,7-8,15H2,1-3H3,(H,18,20). The highest BCUT2D eigenvalue weighted by Gasteiger charge is 2.20. The zero-order chi connectivity index (χ0) is 15.6. The number of imidazole rings is 1. The van der Waals surface area contributed by atoms with Crippen molar-refractivity contribution >= 4 is 23.1 Å². The van der Waals surface area contributed by atoms with E-state index in [2.05, 4.69) is 31.1 Å². The summed E-state index contributed by atoms with van der Waals surface area (Å²) in [6, 6.07) is 3.65. The van der Waals surface area contributed by atoms with Crippen LogP contribution in [0.3, 0.4) is 0 Å². The minimum absolute atomic E-state index is 0.0518. The predicted molar refractivity (Wildman–Crippen MR) is 81.2 cm³/mol. The van der Waals surface area contributed by atoms with E-state index in [1.807, 2.05) is 16.7 Å². The highest BCUT2D eigenvalue weighted by Crippen LogP contribution is 2.28. The van der Waals surface area contributed by atoms with Crippen molar-refractivity contribution in [1.82, 2.24) is 14.9 Å². The first-order chi connectivity index (χ1) is 9.81. The number of fused-ring (bicyclic) bond motifs is 1. The monoisotopic (exact) mass is 291 g/mol. The van der Waals surface area contributed by atoms with E-state index in [1.54, 1.807) is 11.5 Å². The highest BCUT2D eigenvalue weighted by molar-refractivity contribution is 5.80. The number of nitrogens with one attached hydrogen (secondary N) is 2. The molecule has 0 aliphatic heterocycles. The molecule has 0 fully saturated rings. The molecule has 0 aromatic carbocycles. The number of nitrogens with two attached hydrogens (primary N) is 1. The number of pyridine rings is 1. The lowest BCUT2D eigenvalue weighted by Gasteiger charge is -2.19. The van der Waals surface area contributed by atoms with Crippen molar-refractivity contribution in [2.75, 3.05) is 17.6 Å². The van der Waals surface area contributed by atoms with Gasteiger partial charge in [0.15, 0.2) is 5.65 Å². The third-order valence-corrected chi connectivity index (χ3v) is 3.02. The molecule has 2 rings (SSSR count). The molecule has 0 radical (unpaired) electrons. The van der Waals surface area contributed by atoms with Crippen molar-refractivity contribution in [3.8, 4) is 0 Å². The average molecular weight is 291 g/mol. The number of hydrogen-bond donors (Lipinski definition) is 4. The molecule has 21 heavy (non-hydrogen) atoms. The summed E-state index contributed by atoms with van der Waals surface area (Å²) in [5.41, 5.74) is 9.78. The van der Waals surface area contributed by atoms with Gasteiger partial charge >= 0.3 is 0 Å². The van der Waals surface area contributed by atoms with Crippen LogP contribution in [0, 0.1) is 5.41 Å². The van der Waals surface area contributed by atoms with Crippen LogP contribution in [0.4, 0.5) is 11.5 Å². The maximum absolute atomic E-state index is 11.2. The van der Waals surface area contributed by atoms with Gasteiger partial charge in [0.25, 0.3) is 5.91 Å². The molecule has 114 valence electrons. The van der Waals surface area contributed by atoms with Crippen LogP contribution >= 0.6 is 0 Å². The molecule has 0 spiro atoms. The van der Waals surface area contributed by atoms with Crippen LogP contribution in [0.2, 0.25) is 0 Å². The molecule has 7 heteroatoms. The SMILES string of the molecule is CC(C)(C)Cc1c(NCC(=O)NO)nc2c(N)cccn12. The quantitative estimate of drug-likeness (QED) is 0.504. The minimum atomic E-state index is -0.526. The van der Waals surface area contributed by atoms with Gasteiger partial charge in [0.05, 0.1) is 17.9 Å². The molecule has 0 saturated heterocycles. The van der Waals surface area contributed by atoms with E-state index in [0.717, 1.165) is 12.1 Å². The maximum atomic E-state index is 11.2. The molecule has 5 N–H and O–H groups in total. The molecule has 1 amide bonds. The lowest BCUT2D eigenvalue weighted by Crippen LogP contribution is -2.27. The summed E-state index contributed by atoms with van der Waals surface area (Å²) in [6.07, 6.45) is 2.66. The Morgan fingerprint density at radius 2 is 2.19 bits per heavy atom. The third kappa shape index (κ3) is 3.43. The Kier molecular flexibility index (Phi) is 4.04. The number of aromatic nitrogens is 2. The first-order valence-corrected chi connectivity index (χ1v) is 6.74. The van der Waals surface area contributed by atoms with Crippen molar-refractivity contribution in [2.45, 2.75) is 27.2 Å². The fraction of sp³-hybridized carbons (Fsp3) is 0.429. The van der Waals surface area contributed by atoms with Crippen molar-refractivity contribution in [3.05, 3.63) is 24.0 Å². The second-order valence-electron chi connectivity index (χ2n) is 6.19. The molecular weight excluding hydrogens is 270 g/mol. The van der Waals surface area contributed by atoms with E-state index in [4.69, 9.17) is 10.9 Å². The zero-order valence-electron chi connectivity index (χ0n) is 12.5. The fourth-order valence-electron chi connectivity index (χ4n) is 2.15. The van der Waals surface area contributed by atoms with Gasteiger partial charge < -0.3 is 15.5 Å². The summed E-state index contributed by atoms with van der Waals surface area (Å²) in [5.74, 6) is 0.0770. The van der Waals surface area contributed by atoms with Gasteiger partial charge in [0.1, 0.15) is 5.82 Å². The summed E-state index contributed by atoms with van der Waals surface area (Å²) >= 11 is 0. The van der Waals surface area contributed by atoms with Crippen LogP contribution in [0.15, 0.2) is 18.3 Å². The molecule has 7 nitrogen and oxygen atoms in total. The Balaban J connectivity index is 2.44. The molecule has 0 bridgehead atoms. The second kappa shape index (κ2) is 5.61. The van der Waals surface area contributed by atoms with Gasteiger partial charge in [-0.05, 0) is 24.0 Å². The number of nitrogens with zero attached hydrogens (tertiary/aromatic N) is 2. The summed E-state index contributed by atoms with van der Waals surface area (Å²) in [6.45, 7) is 6.33. The molecular formula is C14H21N5O2. The van der Waals surface area contributed by atoms with Gasteiger partial charge in [-0.3, -0.25) is 10.0 Å². The summed E-state index contributed by atoms with van der Waals surface area (Å²) in [4.78, 5) is 15.6. The number of hydroxylamine groups is 1. The van der Waals surface area contributed by atoms with Gasteiger partial charge in [0.2, 0.25) is 0 Å². The van der Waals surface area contributed by atoms with E-state index in [9.17, 15) is 4.79 Å². The number of hydrogen-bond acceptors (Lipinski definition) is 5. The number of nitrogen functional groups attached to an aromatic ring is 1. The number of anilines is 2. The largest absolute Gasteiger partial charge is 0.396 e. The van der Waals surface area contributed by atoms with E-state index in [1.165, 1.54) is 0 Å². The smallest absolute Gasteiger partial charge is 0.262 e. The normalized spacial score (nSPS) is 11.6. The number of rotatable bonds is 4. The average Bonchev–Trinajstić information content (AvgIpc) is 2.74. The van der Waals surface area contributed by atoms with Crippen molar-refractivity contribution in [1.29, 1.82) is 0 Å². The van der Waals surface area contributed by atoms with Gasteiger partial charge in [-0.2, -0.15) is 0 Å². The third-order valence-electron chi connectivity index (χ3n) is 3.02. The van der Waals surface area contributed by atoms with E-state index >= 15 is 0 Å². The Bertz CT molecular complexity index is 657. The van der Waals surface area contributed by atoms with Gasteiger partial charge in [-0.25, -0.2) is 10.5 Å². The molecule has 0 saturated carbocycles. The van der Waals surface area contributed by atoms with E-state index in [-0.39, 0.29) is 12.0 Å². The Labute approximate surface area is 123 Å². The minimum Gasteiger partial charge on any atom is -0.396 e. The highest BCUT2D eigenvalue weighted by atomic mass is 16.5. The summed E-state index contributed by atoms with van der Waals surface area (Å²) < 4.78 is 1.93. The Morgan fingerprint density at radius 1 is 1.48 bits per heavy atom. The second-order valence-corrected chi connectivity index (χ2v) is 6.19. The van der Waals surface area contributed by atoms with Crippen LogP contribution in [0.25, 0.3) is 5.65 Å². The number of carbonyl (C=O) groups excluding carboxylic acids is 1. The molecule has 0 aliphatic carbocycles. The Hall–Kier alpha value is -2.28. The van der Waals surface area contributed by atoms with Gasteiger partial charge in [-0.15, -0.1) is 0 Å². The molecule has 2 heterocycles. The van der Waals surface area contributed by atoms with Crippen molar-refractivity contribution < 1.29 is 10.0 Å². The van der Waals surface area contributed by atoms with E-state index in [0.29, 0.717) is 17.2 Å². The topological polar surface area (TPSA) is 105 Å². The van der Waals surface area contributed by atoms with Crippen molar-refractivity contribution in [3.63, 3.8) is 0 Å². The zero-order valence-corrected chi connectivity index (χ0v) is 12.5. The van der Waals surface area contributed by atoms with Crippen LogP contribution in [0.5, 0.6) is 0 Å². The van der Waals surface area contributed by atoms with Crippen molar-refractivity contribution in [2.24, 2.45) is 5.41 Å². The summed E-state index contributed by atoms with van der Waals surface area (Å²) in [5, 5.41) is 11.5. The lowest BCUT2D eigenvalue weighted by atomic mass is 9.90. The lowest BCUT2D eigenvalue weighted by molar-refractivity contribution is -0.127. The van der Waals surface area contributed by atoms with Crippen LogP contribution in [-0.2, 0) is 11.2 Å². The molecule has 0 unspecified atom stereocenters. The first kappa shape index (κ1) is 15.1. The molecule has 0 aliphatic rings. The fourth-order valence-corrected chi connectivity index (χ4v) is 2.15. The van der Waals surface area contributed by atoms with Crippen LogP contribution < -0.4 is 16.5 Å². The predicted octanol–water partition coefficient (Wildman–Crippen LogP) is 1.42. The molecule has 2 aromatic rings. The number of amides is 1. The summed E-state index contributed by atoms with van der Waals surface area (Å²) in [7, 11) is 0. The molecule has 0 atom stereocenters. The number of carbonyl (C=O) groups is 1. The van der Waals surface area contributed by atoms with Gasteiger partial charge in [0, 0.05) is 6.20 Å². The van der Waals surface area contributed by atoms with Crippen LogP contribution in [0.1, 0.15) is 26.5 Å².